The molecule has 0 unspecified atom stereocenters. The largest absolute Gasteiger partial charge is 0.495 e. The molecule has 0 bridgehead atoms. The summed E-state index contributed by atoms with van der Waals surface area (Å²) < 4.78 is 50.8. The molecule has 6 nitrogen and oxygen atoms in total. The van der Waals surface area contributed by atoms with E-state index in [9.17, 15) is 12.8 Å². The second-order valence-electron chi connectivity index (χ2n) is 4.86. The maximum absolute atomic E-state index is 13.2. The molecule has 1 aromatic heterocycles. The predicted octanol–water partition coefficient (Wildman–Crippen LogP) is 3.29. The minimum atomic E-state index is -3.95. The second kappa shape index (κ2) is 6.32. The van der Waals surface area contributed by atoms with Gasteiger partial charge in [0.1, 0.15) is 16.5 Å². The monoisotopic (exact) mass is 348 g/mol. The minimum Gasteiger partial charge on any atom is -0.495 e. The van der Waals surface area contributed by atoms with Crippen LogP contribution in [0.1, 0.15) is 0 Å². The van der Waals surface area contributed by atoms with Crippen LogP contribution in [0.5, 0.6) is 5.75 Å². The highest BCUT2D eigenvalue weighted by atomic mass is 32.2. The number of methoxy groups -OCH3 is 1. The van der Waals surface area contributed by atoms with Crippen molar-refractivity contribution in [3.63, 3.8) is 0 Å². The van der Waals surface area contributed by atoms with Gasteiger partial charge in [-0.3, -0.25) is 4.72 Å². The molecule has 2 aromatic carbocycles. The van der Waals surface area contributed by atoms with E-state index >= 15 is 0 Å². The first-order valence-corrected chi connectivity index (χ1v) is 8.35. The van der Waals surface area contributed by atoms with Gasteiger partial charge < -0.3 is 9.26 Å². The number of ether oxygens (including phenoxy) is 1. The fraction of sp³-hybridized carbons (Fsp3) is 0.0625. The van der Waals surface area contributed by atoms with Gasteiger partial charge in [-0.25, -0.2) is 12.8 Å². The van der Waals surface area contributed by atoms with Crippen molar-refractivity contribution < 1.29 is 22.1 Å². The summed E-state index contributed by atoms with van der Waals surface area (Å²) >= 11 is 0. The Morgan fingerprint density at radius 1 is 1.17 bits per heavy atom. The van der Waals surface area contributed by atoms with Crippen LogP contribution >= 0.6 is 0 Å². The summed E-state index contributed by atoms with van der Waals surface area (Å²) in [5.74, 6) is 0.0750. The first-order valence-electron chi connectivity index (χ1n) is 6.87. The molecule has 3 aromatic rings. The highest BCUT2D eigenvalue weighted by Gasteiger charge is 2.21. The Hall–Kier alpha value is -2.87. The standard InChI is InChI=1S/C16H13FN2O4S/c1-22-15-9-11(14-7-8-18-23-14)5-6-16(15)24(20,21)19-13-4-2-3-12(17)10-13/h2-10,19H,1H3. The van der Waals surface area contributed by atoms with Gasteiger partial charge in [0.05, 0.1) is 19.0 Å². The van der Waals surface area contributed by atoms with Crippen LogP contribution < -0.4 is 9.46 Å². The topological polar surface area (TPSA) is 81.4 Å². The zero-order chi connectivity index (χ0) is 17.2. The summed E-state index contributed by atoms with van der Waals surface area (Å²) in [6.07, 6.45) is 1.48. The van der Waals surface area contributed by atoms with Gasteiger partial charge in [-0.1, -0.05) is 11.2 Å². The summed E-state index contributed by atoms with van der Waals surface area (Å²) in [6, 6.07) is 11.3. The van der Waals surface area contributed by atoms with E-state index < -0.39 is 15.8 Å². The lowest BCUT2D eigenvalue weighted by atomic mass is 10.1. The van der Waals surface area contributed by atoms with Gasteiger partial charge in [0.25, 0.3) is 10.0 Å². The maximum atomic E-state index is 13.2. The van der Waals surface area contributed by atoms with E-state index in [1.165, 1.54) is 43.6 Å². The molecular formula is C16H13FN2O4S. The number of rotatable bonds is 5. The summed E-state index contributed by atoms with van der Waals surface area (Å²) in [6.45, 7) is 0. The molecule has 0 saturated carbocycles. The smallest absolute Gasteiger partial charge is 0.265 e. The summed E-state index contributed by atoms with van der Waals surface area (Å²) in [5.41, 5.74) is 0.741. The van der Waals surface area contributed by atoms with Crippen molar-refractivity contribution in [2.24, 2.45) is 0 Å². The predicted molar refractivity (Wildman–Crippen MR) is 85.7 cm³/mol. The van der Waals surface area contributed by atoms with E-state index in [0.29, 0.717) is 11.3 Å². The highest BCUT2D eigenvalue weighted by molar-refractivity contribution is 7.92. The van der Waals surface area contributed by atoms with E-state index in [1.807, 2.05) is 0 Å². The zero-order valence-corrected chi connectivity index (χ0v) is 13.4. The number of anilines is 1. The van der Waals surface area contributed by atoms with Gasteiger partial charge >= 0.3 is 0 Å². The molecule has 1 N–H and O–H groups in total. The molecule has 124 valence electrons. The van der Waals surface area contributed by atoms with Crippen molar-refractivity contribution in [3.05, 3.63) is 60.5 Å². The fourth-order valence-corrected chi connectivity index (χ4v) is 3.37. The van der Waals surface area contributed by atoms with Crippen molar-refractivity contribution in [1.29, 1.82) is 0 Å². The molecule has 0 aliphatic rings. The van der Waals surface area contributed by atoms with Crippen LogP contribution in [0.4, 0.5) is 10.1 Å². The van der Waals surface area contributed by atoms with E-state index in [-0.39, 0.29) is 16.3 Å². The van der Waals surface area contributed by atoms with E-state index in [1.54, 1.807) is 12.1 Å². The third-order valence-corrected chi connectivity index (χ3v) is 4.67. The fourth-order valence-electron chi connectivity index (χ4n) is 2.17. The Kier molecular flexibility index (Phi) is 4.22. The van der Waals surface area contributed by atoms with Crippen LogP contribution in [0.25, 0.3) is 11.3 Å². The first-order chi connectivity index (χ1) is 11.5. The molecule has 24 heavy (non-hydrogen) atoms. The van der Waals surface area contributed by atoms with Gasteiger partial charge in [0, 0.05) is 11.6 Å². The van der Waals surface area contributed by atoms with Crippen LogP contribution in [-0.2, 0) is 10.0 Å². The van der Waals surface area contributed by atoms with Crippen molar-refractivity contribution in [1.82, 2.24) is 5.16 Å². The molecule has 0 atom stereocenters. The van der Waals surface area contributed by atoms with Crippen molar-refractivity contribution in [2.45, 2.75) is 4.90 Å². The van der Waals surface area contributed by atoms with Crippen LogP contribution in [0.2, 0.25) is 0 Å². The lowest BCUT2D eigenvalue weighted by molar-refractivity contribution is 0.402. The Morgan fingerprint density at radius 3 is 2.67 bits per heavy atom. The average molecular weight is 348 g/mol. The molecule has 0 aliphatic carbocycles. The lowest BCUT2D eigenvalue weighted by Crippen LogP contribution is -2.14. The normalized spacial score (nSPS) is 11.2. The number of halogens is 1. The summed E-state index contributed by atoms with van der Waals surface area (Å²) in [5, 5.41) is 3.61. The third-order valence-electron chi connectivity index (χ3n) is 3.25. The number of sulfonamides is 1. The van der Waals surface area contributed by atoms with Gasteiger partial charge in [0.2, 0.25) is 0 Å². The van der Waals surface area contributed by atoms with Gasteiger partial charge in [0.15, 0.2) is 5.76 Å². The molecule has 3 rings (SSSR count). The van der Waals surface area contributed by atoms with Crippen LogP contribution in [-0.4, -0.2) is 20.7 Å². The zero-order valence-electron chi connectivity index (χ0n) is 12.6. The van der Waals surface area contributed by atoms with E-state index in [0.717, 1.165) is 6.07 Å². The van der Waals surface area contributed by atoms with Crippen LogP contribution in [0, 0.1) is 5.82 Å². The molecule has 0 radical (unpaired) electrons. The Bertz CT molecular complexity index is 956. The molecular weight excluding hydrogens is 335 g/mol. The van der Waals surface area contributed by atoms with Crippen molar-refractivity contribution in [2.75, 3.05) is 11.8 Å². The second-order valence-corrected chi connectivity index (χ2v) is 6.51. The van der Waals surface area contributed by atoms with Crippen molar-refractivity contribution in [3.8, 4) is 17.1 Å². The summed E-state index contributed by atoms with van der Waals surface area (Å²) in [4.78, 5) is -0.0717. The molecule has 0 amide bonds. The SMILES string of the molecule is COc1cc(-c2ccno2)ccc1S(=O)(=O)Nc1cccc(F)c1. The minimum absolute atomic E-state index is 0.0717. The first kappa shape index (κ1) is 16.0. The summed E-state index contributed by atoms with van der Waals surface area (Å²) in [7, 11) is -2.58. The molecule has 0 aliphatic heterocycles. The number of benzene rings is 2. The Morgan fingerprint density at radius 2 is 2.00 bits per heavy atom. The van der Waals surface area contributed by atoms with Crippen molar-refractivity contribution >= 4 is 15.7 Å². The van der Waals surface area contributed by atoms with Crippen LogP contribution in [0.3, 0.4) is 0 Å². The van der Waals surface area contributed by atoms with Gasteiger partial charge in [-0.05, 0) is 36.4 Å². The molecule has 0 spiro atoms. The number of aromatic nitrogens is 1. The number of hydrogen-bond donors (Lipinski definition) is 1. The molecule has 1 heterocycles. The number of nitrogens with zero attached hydrogens (tertiary/aromatic N) is 1. The maximum Gasteiger partial charge on any atom is 0.265 e. The number of nitrogens with one attached hydrogen (secondary N) is 1. The number of hydrogen-bond acceptors (Lipinski definition) is 5. The molecule has 8 heteroatoms. The van der Waals surface area contributed by atoms with Gasteiger partial charge in [-0.2, -0.15) is 0 Å². The lowest BCUT2D eigenvalue weighted by Gasteiger charge is -2.12. The average Bonchev–Trinajstić information content (AvgIpc) is 3.08. The molecule has 0 fully saturated rings. The highest BCUT2D eigenvalue weighted by Crippen LogP contribution is 2.31. The Labute approximate surface area is 137 Å². The quantitative estimate of drug-likeness (QED) is 0.765. The third kappa shape index (κ3) is 3.23. The van der Waals surface area contributed by atoms with E-state index in [2.05, 4.69) is 9.88 Å². The molecule has 0 saturated heterocycles. The Balaban J connectivity index is 1.98. The van der Waals surface area contributed by atoms with Crippen LogP contribution in [0.15, 0.2) is 64.1 Å². The van der Waals surface area contributed by atoms with Gasteiger partial charge in [-0.15, -0.1) is 0 Å². The van der Waals surface area contributed by atoms with E-state index in [4.69, 9.17) is 9.26 Å².